The van der Waals surface area contributed by atoms with Crippen molar-refractivity contribution in [2.75, 3.05) is 26.8 Å². The summed E-state index contributed by atoms with van der Waals surface area (Å²) in [5.74, 6) is -1.14. The van der Waals surface area contributed by atoms with Gasteiger partial charge in [0.25, 0.3) is 0 Å². The standard InChI is InChI=1S/C13H14F2N2O/c1-17(7-13(6-16)8-18-9-13)5-10-2-3-11(14)4-12(10)15/h2-4H,5,7-9H2,1H3. The first-order valence-electron chi connectivity index (χ1n) is 5.66. The molecule has 1 aromatic carbocycles. The first-order valence-corrected chi connectivity index (χ1v) is 5.66. The zero-order valence-electron chi connectivity index (χ0n) is 10.1. The molecule has 0 amide bonds. The van der Waals surface area contributed by atoms with Gasteiger partial charge in [0.15, 0.2) is 0 Å². The van der Waals surface area contributed by atoms with Crippen molar-refractivity contribution >= 4 is 0 Å². The van der Waals surface area contributed by atoms with Crippen molar-refractivity contribution in [3.05, 3.63) is 35.4 Å². The van der Waals surface area contributed by atoms with E-state index < -0.39 is 17.0 Å². The first-order chi connectivity index (χ1) is 8.54. The van der Waals surface area contributed by atoms with E-state index in [0.29, 0.717) is 31.9 Å². The lowest BCUT2D eigenvalue weighted by Gasteiger charge is -2.38. The van der Waals surface area contributed by atoms with E-state index in [1.807, 2.05) is 4.90 Å². The Hall–Kier alpha value is -1.51. The fourth-order valence-electron chi connectivity index (χ4n) is 2.05. The lowest BCUT2D eigenvalue weighted by molar-refractivity contribution is -0.0896. The molecule has 0 N–H and O–H groups in total. The van der Waals surface area contributed by atoms with Crippen LogP contribution >= 0.6 is 0 Å². The fraction of sp³-hybridized carbons (Fsp3) is 0.462. The highest BCUT2D eigenvalue weighted by molar-refractivity contribution is 5.18. The average molecular weight is 252 g/mol. The first kappa shape index (κ1) is 12.9. The maximum Gasteiger partial charge on any atom is 0.130 e. The van der Waals surface area contributed by atoms with Crippen LogP contribution in [-0.2, 0) is 11.3 Å². The van der Waals surface area contributed by atoms with Crippen LogP contribution in [0.5, 0.6) is 0 Å². The molecular weight excluding hydrogens is 238 g/mol. The Morgan fingerprint density at radius 3 is 2.67 bits per heavy atom. The summed E-state index contributed by atoms with van der Waals surface area (Å²) in [6.07, 6.45) is 0. The third kappa shape index (κ3) is 2.66. The summed E-state index contributed by atoms with van der Waals surface area (Å²) in [7, 11) is 1.81. The maximum absolute atomic E-state index is 13.5. The zero-order chi connectivity index (χ0) is 13.2. The molecule has 2 rings (SSSR count). The van der Waals surface area contributed by atoms with Crippen molar-refractivity contribution < 1.29 is 13.5 Å². The molecule has 1 aliphatic rings. The lowest BCUT2D eigenvalue weighted by atomic mass is 9.87. The van der Waals surface area contributed by atoms with Crippen LogP contribution in [0.4, 0.5) is 8.78 Å². The molecule has 0 saturated carbocycles. The highest BCUT2D eigenvalue weighted by Crippen LogP contribution is 2.27. The lowest BCUT2D eigenvalue weighted by Crippen LogP contribution is -2.48. The third-order valence-electron chi connectivity index (χ3n) is 3.02. The fourth-order valence-corrected chi connectivity index (χ4v) is 2.05. The van der Waals surface area contributed by atoms with Crippen molar-refractivity contribution in [2.45, 2.75) is 6.54 Å². The molecule has 0 aliphatic carbocycles. The van der Waals surface area contributed by atoms with E-state index >= 15 is 0 Å². The van der Waals surface area contributed by atoms with Gasteiger partial charge >= 0.3 is 0 Å². The van der Waals surface area contributed by atoms with E-state index in [2.05, 4.69) is 6.07 Å². The average Bonchev–Trinajstić information content (AvgIpc) is 2.27. The molecule has 5 heteroatoms. The van der Waals surface area contributed by atoms with Gasteiger partial charge in [-0.1, -0.05) is 6.07 Å². The number of nitrogens with zero attached hydrogens (tertiary/aromatic N) is 2. The summed E-state index contributed by atoms with van der Waals surface area (Å²) in [5.41, 5.74) is -0.0575. The monoisotopic (exact) mass is 252 g/mol. The van der Waals surface area contributed by atoms with Crippen molar-refractivity contribution in [3.63, 3.8) is 0 Å². The molecule has 0 unspecified atom stereocenters. The number of benzene rings is 1. The Bertz CT molecular complexity index is 480. The molecule has 3 nitrogen and oxygen atoms in total. The smallest absolute Gasteiger partial charge is 0.130 e. The van der Waals surface area contributed by atoms with Gasteiger partial charge < -0.3 is 9.64 Å². The van der Waals surface area contributed by atoms with Gasteiger partial charge in [0.2, 0.25) is 0 Å². The van der Waals surface area contributed by atoms with Gasteiger partial charge in [-0.3, -0.25) is 0 Å². The van der Waals surface area contributed by atoms with Crippen LogP contribution in [0.2, 0.25) is 0 Å². The van der Waals surface area contributed by atoms with Crippen LogP contribution in [0.3, 0.4) is 0 Å². The van der Waals surface area contributed by atoms with Crippen LogP contribution in [-0.4, -0.2) is 31.7 Å². The number of rotatable bonds is 4. The van der Waals surface area contributed by atoms with E-state index in [1.54, 1.807) is 7.05 Å². The molecule has 1 saturated heterocycles. The Kier molecular flexibility index (Phi) is 3.60. The SMILES string of the molecule is CN(Cc1ccc(F)cc1F)CC1(C#N)COC1. The van der Waals surface area contributed by atoms with E-state index in [-0.39, 0.29) is 0 Å². The molecule has 0 radical (unpaired) electrons. The summed E-state index contributed by atoms with van der Waals surface area (Å²) < 4.78 is 31.3. The van der Waals surface area contributed by atoms with Gasteiger partial charge in [-0.25, -0.2) is 8.78 Å². The minimum Gasteiger partial charge on any atom is -0.378 e. The predicted molar refractivity (Wildman–Crippen MR) is 61.6 cm³/mol. The van der Waals surface area contributed by atoms with E-state index in [0.717, 1.165) is 6.07 Å². The van der Waals surface area contributed by atoms with Gasteiger partial charge in [0.1, 0.15) is 17.0 Å². The third-order valence-corrected chi connectivity index (χ3v) is 3.02. The van der Waals surface area contributed by atoms with E-state index in [9.17, 15) is 8.78 Å². The predicted octanol–water partition coefficient (Wildman–Crippen LogP) is 1.94. The maximum atomic E-state index is 13.5. The van der Waals surface area contributed by atoms with E-state index in [1.165, 1.54) is 12.1 Å². The van der Waals surface area contributed by atoms with Crippen molar-refractivity contribution in [1.82, 2.24) is 4.90 Å². The van der Waals surface area contributed by atoms with E-state index in [4.69, 9.17) is 10.00 Å². The van der Waals surface area contributed by atoms with Gasteiger partial charge in [-0.2, -0.15) is 5.26 Å². The Morgan fingerprint density at radius 2 is 2.17 bits per heavy atom. The van der Waals surface area contributed by atoms with Crippen molar-refractivity contribution in [2.24, 2.45) is 5.41 Å². The quantitative estimate of drug-likeness (QED) is 0.821. The molecule has 18 heavy (non-hydrogen) atoms. The van der Waals surface area contributed by atoms with Crippen LogP contribution in [0, 0.1) is 28.4 Å². The minimum atomic E-state index is -0.584. The summed E-state index contributed by atoms with van der Waals surface area (Å²) in [6, 6.07) is 5.77. The molecule has 96 valence electrons. The molecule has 1 aromatic rings. The molecule has 0 atom stereocenters. The molecule has 0 bridgehead atoms. The largest absolute Gasteiger partial charge is 0.378 e. The second-order valence-electron chi connectivity index (χ2n) is 4.79. The Labute approximate surface area is 105 Å². The normalized spacial score (nSPS) is 17.3. The second-order valence-corrected chi connectivity index (χ2v) is 4.79. The molecule has 1 aliphatic heterocycles. The van der Waals surface area contributed by atoms with Crippen molar-refractivity contribution in [1.29, 1.82) is 5.26 Å². The van der Waals surface area contributed by atoms with Crippen LogP contribution in [0.25, 0.3) is 0 Å². The highest BCUT2D eigenvalue weighted by Gasteiger charge is 2.39. The van der Waals surface area contributed by atoms with Gasteiger partial charge in [-0.15, -0.1) is 0 Å². The number of hydrogen-bond donors (Lipinski definition) is 0. The molecule has 1 fully saturated rings. The van der Waals surface area contributed by atoms with Crippen LogP contribution in [0.1, 0.15) is 5.56 Å². The van der Waals surface area contributed by atoms with Gasteiger partial charge in [0.05, 0.1) is 19.3 Å². The number of halogens is 2. The van der Waals surface area contributed by atoms with Gasteiger partial charge in [0, 0.05) is 24.7 Å². The summed E-state index contributed by atoms with van der Waals surface area (Å²) in [5, 5.41) is 9.06. The summed E-state index contributed by atoms with van der Waals surface area (Å²) in [4.78, 5) is 1.85. The van der Waals surface area contributed by atoms with Crippen LogP contribution < -0.4 is 0 Å². The summed E-state index contributed by atoms with van der Waals surface area (Å²) >= 11 is 0. The molecular formula is C13H14F2N2O. The van der Waals surface area contributed by atoms with Crippen molar-refractivity contribution in [3.8, 4) is 6.07 Å². The number of nitriles is 1. The highest BCUT2D eigenvalue weighted by atomic mass is 19.1. The minimum absolute atomic E-state index is 0.343. The molecule has 0 spiro atoms. The zero-order valence-corrected chi connectivity index (χ0v) is 10.1. The molecule has 0 aromatic heterocycles. The number of ether oxygens (including phenoxy) is 1. The second kappa shape index (κ2) is 5.01. The Balaban J connectivity index is 1.99. The summed E-state index contributed by atoms with van der Waals surface area (Å²) in [6.45, 7) is 1.69. The van der Waals surface area contributed by atoms with Gasteiger partial charge in [-0.05, 0) is 13.1 Å². The topological polar surface area (TPSA) is 36.3 Å². The Morgan fingerprint density at radius 1 is 1.44 bits per heavy atom. The molecule has 1 heterocycles. The number of hydrogen-bond acceptors (Lipinski definition) is 3. The van der Waals surface area contributed by atoms with Crippen LogP contribution in [0.15, 0.2) is 18.2 Å².